The molecule has 3 rings (SSSR count). The van der Waals surface area contributed by atoms with Gasteiger partial charge in [0.25, 0.3) is 0 Å². The first-order chi connectivity index (χ1) is 12.0. The van der Waals surface area contributed by atoms with Crippen LogP contribution in [0.15, 0.2) is 53.9 Å². The van der Waals surface area contributed by atoms with Crippen molar-refractivity contribution in [2.45, 2.75) is 19.0 Å². The molecule has 1 amide bonds. The highest BCUT2D eigenvalue weighted by molar-refractivity contribution is 14.1. The predicted molar refractivity (Wildman–Crippen MR) is 109 cm³/mol. The molecule has 7 heteroatoms. The second kappa shape index (κ2) is 8.01. The van der Waals surface area contributed by atoms with Crippen molar-refractivity contribution in [2.24, 2.45) is 0 Å². The van der Waals surface area contributed by atoms with Gasteiger partial charge in [0.05, 0.1) is 11.4 Å². The maximum atomic E-state index is 12.3. The highest BCUT2D eigenvalue weighted by atomic mass is 127. The lowest BCUT2D eigenvalue weighted by atomic mass is 10.2. The number of nitrogens with one attached hydrogen (secondary N) is 1. The number of aryl methyl sites for hydroxylation is 2. The Hall–Kier alpha value is -1.87. The molecule has 5 nitrogen and oxygen atoms in total. The topological polar surface area (TPSA) is 59.8 Å². The third-order valence-electron chi connectivity index (χ3n) is 3.69. The number of aromatic nitrogens is 3. The summed E-state index contributed by atoms with van der Waals surface area (Å²) in [6.45, 7) is 4.02. The number of anilines is 1. The van der Waals surface area contributed by atoms with Gasteiger partial charge in [0.1, 0.15) is 6.33 Å². The minimum absolute atomic E-state index is 0.0614. The van der Waals surface area contributed by atoms with Gasteiger partial charge in [-0.2, -0.15) is 0 Å². The van der Waals surface area contributed by atoms with Gasteiger partial charge in [-0.1, -0.05) is 30.0 Å². The van der Waals surface area contributed by atoms with E-state index in [1.165, 1.54) is 11.8 Å². The van der Waals surface area contributed by atoms with Crippen molar-refractivity contribution < 1.29 is 4.79 Å². The minimum Gasteiger partial charge on any atom is -0.325 e. The zero-order valence-electron chi connectivity index (χ0n) is 13.9. The monoisotopic (exact) mass is 464 g/mol. The minimum atomic E-state index is -0.0614. The van der Waals surface area contributed by atoms with Crippen molar-refractivity contribution in [3.05, 3.63) is 63.5 Å². The summed E-state index contributed by atoms with van der Waals surface area (Å²) in [4.78, 5) is 12.3. The van der Waals surface area contributed by atoms with Crippen molar-refractivity contribution >= 4 is 45.9 Å². The summed E-state index contributed by atoms with van der Waals surface area (Å²) in [5.74, 6) is 0.212. The Bertz CT molecular complexity index is 910. The van der Waals surface area contributed by atoms with Gasteiger partial charge >= 0.3 is 0 Å². The van der Waals surface area contributed by atoms with Crippen LogP contribution in [0.1, 0.15) is 11.1 Å². The lowest BCUT2D eigenvalue weighted by molar-refractivity contribution is -0.113. The van der Waals surface area contributed by atoms with Crippen molar-refractivity contribution in [2.75, 3.05) is 11.1 Å². The fraction of sp³-hybridized carbons (Fsp3) is 0.167. The smallest absolute Gasteiger partial charge is 0.234 e. The van der Waals surface area contributed by atoms with Crippen LogP contribution in [-0.4, -0.2) is 26.4 Å². The Kier molecular flexibility index (Phi) is 5.74. The Morgan fingerprint density at radius 1 is 1.20 bits per heavy atom. The number of benzene rings is 2. The van der Waals surface area contributed by atoms with Gasteiger partial charge in [0.15, 0.2) is 5.16 Å². The molecule has 1 heterocycles. The zero-order valence-corrected chi connectivity index (χ0v) is 16.8. The summed E-state index contributed by atoms with van der Waals surface area (Å²) in [5.41, 5.74) is 4.03. The van der Waals surface area contributed by atoms with E-state index < -0.39 is 0 Å². The van der Waals surface area contributed by atoms with Crippen LogP contribution in [0.4, 0.5) is 5.69 Å². The molecule has 0 aliphatic heterocycles. The molecule has 25 heavy (non-hydrogen) atoms. The van der Waals surface area contributed by atoms with E-state index in [0.29, 0.717) is 5.16 Å². The number of hydrogen-bond acceptors (Lipinski definition) is 4. The molecule has 128 valence electrons. The number of halogens is 1. The summed E-state index contributed by atoms with van der Waals surface area (Å²) in [6, 6.07) is 14.0. The van der Waals surface area contributed by atoms with E-state index in [4.69, 9.17) is 0 Å². The molecule has 0 spiro atoms. The summed E-state index contributed by atoms with van der Waals surface area (Å²) >= 11 is 3.63. The first-order valence-electron chi connectivity index (χ1n) is 7.69. The van der Waals surface area contributed by atoms with E-state index >= 15 is 0 Å². The molecule has 0 fully saturated rings. The van der Waals surface area contributed by atoms with E-state index in [2.05, 4.69) is 38.1 Å². The molecule has 3 aromatic rings. The average Bonchev–Trinajstić information content (AvgIpc) is 3.04. The highest BCUT2D eigenvalue weighted by Gasteiger charge is 2.12. The van der Waals surface area contributed by atoms with E-state index in [9.17, 15) is 4.79 Å². The number of hydrogen-bond donors (Lipinski definition) is 1. The third kappa shape index (κ3) is 4.40. The quantitative estimate of drug-likeness (QED) is 0.454. The van der Waals surface area contributed by atoms with Gasteiger partial charge in [-0.05, 0) is 71.8 Å². The molecule has 0 aliphatic rings. The van der Waals surface area contributed by atoms with Gasteiger partial charge in [-0.25, -0.2) is 0 Å². The Morgan fingerprint density at radius 2 is 2.00 bits per heavy atom. The Labute approximate surface area is 164 Å². The highest BCUT2D eigenvalue weighted by Crippen LogP contribution is 2.22. The largest absolute Gasteiger partial charge is 0.325 e. The van der Waals surface area contributed by atoms with Gasteiger partial charge in [0, 0.05) is 9.26 Å². The molecular formula is C18H17IN4OS. The summed E-state index contributed by atoms with van der Waals surface area (Å²) in [6.07, 6.45) is 1.67. The van der Waals surface area contributed by atoms with E-state index in [1.54, 1.807) is 6.33 Å². The number of rotatable bonds is 5. The molecule has 1 N–H and O–H groups in total. The molecule has 2 aromatic carbocycles. The van der Waals surface area contributed by atoms with Crippen molar-refractivity contribution in [1.82, 2.24) is 14.8 Å². The van der Waals surface area contributed by atoms with E-state index in [0.717, 1.165) is 26.1 Å². The van der Waals surface area contributed by atoms with Crippen LogP contribution >= 0.6 is 34.4 Å². The number of para-hydroxylation sites is 1. The van der Waals surface area contributed by atoms with Crippen LogP contribution in [0.5, 0.6) is 0 Å². The van der Waals surface area contributed by atoms with Gasteiger partial charge in [-0.15, -0.1) is 10.2 Å². The lowest BCUT2D eigenvalue weighted by Gasteiger charge is -2.10. The van der Waals surface area contributed by atoms with E-state index in [1.807, 2.05) is 60.9 Å². The van der Waals surface area contributed by atoms with Crippen LogP contribution < -0.4 is 5.32 Å². The van der Waals surface area contributed by atoms with Crippen molar-refractivity contribution in [1.29, 1.82) is 0 Å². The lowest BCUT2D eigenvalue weighted by Crippen LogP contribution is -2.15. The SMILES string of the molecule is Cc1cc(I)ccc1NC(=O)CSc1nncn1-c1ccccc1C. The molecule has 0 unspecified atom stereocenters. The number of thioether (sulfide) groups is 1. The van der Waals surface area contributed by atoms with Crippen LogP contribution in [-0.2, 0) is 4.79 Å². The van der Waals surface area contributed by atoms with Crippen LogP contribution in [0.2, 0.25) is 0 Å². The average molecular weight is 464 g/mol. The molecule has 0 bridgehead atoms. The second-order valence-electron chi connectivity index (χ2n) is 5.57. The fourth-order valence-corrected chi connectivity index (χ4v) is 3.77. The van der Waals surface area contributed by atoms with Gasteiger partial charge in [-0.3, -0.25) is 9.36 Å². The van der Waals surface area contributed by atoms with Crippen molar-refractivity contribution in [3.63, 3.8) is 0 Å². The van der Waals surface area contributed by atoms with Crippen LogP contribution in [0, 0.1) is 17.4 Å². The maximum absolute atomic E-state index is 12.3. The molecular weight excluding hydrogens is 447 g/mol. The third-order valence-corrected chi connectivity index (χ3v) is 5.30. The molecule has 0 aliphatic carbocycles. The summed E-state index contributed by atoms with van der Waals surface area (Å²) in [5, 5.41) is 11.8. The summed E-state index contributed by atoms with van der Waals surface area (Å²) < 4.78 is 3.05. The first-order valence-corrected chi connectivity index (χ1v) is 9.76. The summed E-state index contributed by atoms with van der Waals surface area (Å²) in [7, 11) is 0. The van der Waals surface area contributed by atoms with Crippen LogP contribution in [0.3, 0.4) is 0 Å². The number of carbonyl (C=O) groups excluding carboxylic acids is 1. The molecule has 0 saturated heterocycles. The van der Waals surface area contributed by atoms with Gasteiger partial charge < -0.3 is 5.32 Å². The normalized spacial score (nSPS) is 10.7. The van der Waals surface area contributed by atoms with Gasteiger partial charge in [0.2, 0.25) is 5.91 Å². The molecule has 1 aromatic heterocycles. The first kappa shape index (κ1) is 17.9. The molecule has 0 saturated carbocycles. The predicted octanol–water partition coefficient (Wildman–Crippen LogP) is 4.22. The Balaban J connectivity index is 1.67. The van der Waals surface area contributed by atoms with E-state index in [-0.39, 0.29) is 11.7 Å². The number of nitrogens with zero attached hydrogens (tertiary/aromatic N) is 3. The Morgan fingerprint density at radius 3 is 2.76 bits per heavy atom. The number of carbonyl (C=O) groups is 1. The van der Waals surface area contributed by atoms with Crippen molar-refractivity contribution in [3.8, 4) is 5.69 Å². The second-order valence-corrected chi connectivity index (χ2v) is 7.75. The zero-order chi connectivity index (χ0) is 17.8. The molecule has 0 radical (unpaired) electrons. The number of amides is 1. The fourth-order valence-electron chi connectivity index (χ4n) is 2.41. The maximum Gasteiger partial charge on any atom is 0.234 e. The standard InChI is InChI=1S/C18H17IN4OS/c1-12-5-3-4-6-16(12)23-11-20-22-18(23)25-10-17(24)21-15-8-7-14(19)9-13(15)2/h3-9,11H,10H2,1-2H3,(H,21,24). The molecule has 0 atom stereocenters. The van der Waals surface area contributed by atoms with Crippen LogP contribution in [0.25, 0.3) is 5.69 Å².